The molecule has 0 radical (unpaired) electrons. The van der Waals surface area contributed by atoms with Gasteiger partial charge in [0.2, 0.25) is 0 Å². The van der Waals surface area contributed by atoms with Crippen LogP contribution in [0.1, 0.15) is 45.8 Å². The summed E-state index contributed by atoms with van der Waals surface area (Å²) < 4.78 is 6.73. The first-order valence-corrected chi connectivity index (χ1v) is 6.69. The number of hydrogen-bond acceptors (Lipinski definition) is 2. The molecule has 0 fully saturated rings. The summed E-state index contributed by atoms with van der Waals surface area (Å²) in [6.45, 7) is 8.98. The molecule has 0 saturated heterocycles. The summed E-state index contributed by atoms with van der Waals surface area (Å²) in [4.78, 5) is 0. The van der Waals surface area contributed by atoms with Gasteiger partial charge in [-0.05, 0) is 30.9 Å². The highest BCUT2D eigenvalue weighted by Gasteiger charge is 2.13. The molecule has 3 heteroatoms. The van der Waals surface area contributed by atoms with Crippen molar-refractivity contribution in [3.05, 3.63) is 28.2 Å². The first-order valence-electron chi connectivity index (χ1n) is 5.90. The number of rotatable bonds is 4. The Morgan fingerprint density at radius 1 is 1.35 bits per heavy atom. The zero-order chi connectivity index (χ0) is 13.1. The van der Waals surface area contributed by atoms with Gasteiger partial charge in [0, 0.05) is 10.0 Å². The first kappa shape index (κ1) is 14.5. The van der Waals surface area contributed by atoms with E-state index >= 15 is 0 Å². The van der Waals surface area contributed by atoms with Gasteiger partial charge in [-0.15, -0.1) is 0 Å². The first-order chi connectivity index (χ1) is 7.79. The molecule has 1 aromatic rings. The van der Waals surface area contributed by atoms with Crippen LogP contribution in [-0.2, 0) is 0 Å². The summed E-state index contributed by atoms with van der Waals surface area (Å²) in [6, 6.07) is 5.71. The van der Waals surface area contributed by atoms with Gasteiger partial charge < -0.3 is 9.84 Å². The standard InChI is InChI=1S/C14H21BrO2/c1-10(16)12-6-5-11(15)9-13(12)17-8-7-14(2,3)4/h5-6,9-10,16H,7-8H2,1-4H3/t10-/m0/s1. The molecular formula is C14H21BrO2. The number of halogens is 1. The van der Waals surface area contributed by atoms with Gasteiger partial charge in [0.15, 0.2) is 0 Å². The molecule has 17 heavy (non-hydrogen) atoms. The Morgan fingerprint density at radius 3 is 2.53 bits per heavy atom. The van der Waals surface area contributed by atoms with Crippen molar-refractivity contribution < 1.29 is 9.84 Å². The van der Waals surface area contributed by atoms with E-state index in [0.717, 1.165) is 22.2 Å². The smallest absolute Gasteiger partial charge is 0.126 e. The topological polar surface area (TPSA) is 29.5 Å². The van der Waals surface area contributed by atoms with Crippen LogP contribution >= 0.6 is 15.9 Å². The summed E-state index contributed by atoms with van der Waals surface area (Å²) in [5.74, 6) is 0.763. The molecule has 0 saturated carbocycles. The van der Waals surface area contributed by atoms with Gasteiger partial charge in [-0.3, -0.25) is 0 Å². The zero-order valence-electron chi connectivity index (χ0n) is 11.0. The van der Waals surface area contributed by atoms with Crippen molar-refractivity contribution in [2.45, 2.75) is 40.2 Å². The van der Waals surface area contributed by atoms with E-state index in [1.807, 2.05) is 18.2 Å². The largest absolute Gasteiger partial charge is 0.493 e. The highest BCUT2D eigenvalue weighted by atomic mass is 79.9. The lowest BCUT2D eigenvalue weighted by Crippen LogP contribution is -2.12. The molecule has 0 aliphatic carbocycles. The molecule has 0 amide bonds. The fourth-order valence-electron chi connectivity index (χ4n) is 1.45. The Bertz CT molecular complexity index is 367. The molecule has 1 atom stereocenters. The molecule has 0 unspecified atom stereocenters. The molecular weight excluding hydrogens is 280 g/mol. The minimum atomic E-state index is -0.507. The van der Waals surface area contributed by atoms with Crippen molar-refractivity contribution in [1.82, 2.24) is 0 Å². The average Bonchev–Trinajstić information content (AvgIpc) is 2.15. The van der Waals surface area contributed by atoms with E-state index < -0.39 is 6.10 Å². The monoisotopic (exact) mass is 300 g/mol. The van der Waals surface area contributed by atoms with Gasteiger partial charge in [-0.25, -0.2) is 0 Å². The van der Waals surface area contributed by atoms with Crippen LogP contribution in [0.15, 0.2) is 22.7 Å². The Balaban J connectivity index is 2.72. The summed E-state index contributed by atoms with van der Waals surface area (Å²) in [5, 5.41) is 9.66. The van der Waals surface area contributed by atoms with Crippen molar-refractivity contribution in [2.24, 2.45) is 5.41 Å². The van der Waals surface area contributed by atoms with E-state index in [0.29, 0.717) is 6.61 Å². The van der Waals surface area contributed by atoms with Crippen molar-refractivity contribution >= 4 is 15.9 Å². The number of benzene rings is 1. The number of aliphatic hydroxyl groups is 1. The van der Waals surface area contributed by atoms with E-state index in [-0.39, 0.29) is 5.41 Å². The Morgan fingerprint density at radius 2 is 2.00 bits per heavy atom. The van der Waals surface area contributed by atoms with Crippen LogP contribution in [0.5, 0.6) is 5.75 Å². The second-order valence-corrected chi connectivity index (χ2v) is 6.43. The maximum Gasteiger partial charge on any atom is 0.126 e. The van der Waals surface area contributed by atoms with Crippen LogP contribution in [0.25, 0.3) is 0 Å². The Labute approximate surface area is 112 Å². The van der Waals surface area contributed by atoms with Crippen LogP contribution in [-0.4, -0.2) is 11.7 Å². The van der Waals surface area contributed by atoms with Gasteiger partial charge in [-0.2, -0.15) is 0 Å². The number of aliphatic hydroxyl groups excluding tert-OH is 1. The lowest BCUT2D eigenvalue weighted by Gasteiger charge is -2.19. The molecule has 96 valence electrons. The molecule has 0 heterocycles. The normalized spacial score (nSPS) is 13.5. The summed E-state index contributed by atoms with van der Waals surface area (Å²) >= 11 is 3.42. The Hall–Kier alpha value is -0.540. The fourth-order valence-corrected chi connectivity index (χ4v) is 1.79. The van der Waals surface area contributed by atoms with Gasteiger partial charge in [-0.1, -0.05) is 42.8 Å². The third-order valence-corrected chi connectivity index (χ3v) is 3.03. The van der Waals surface area contributed by atoms with Crippen molar-refractivity contribution in [1.29, 1.82) is 0 Å². The lowest BCUT2D eigenvalue weighted by molar-refractivity contribution is 0.186. The highest BCUT2D eigenvalue weighted by Crippen LogP contribution is 2.29. The third kappa shape index (κ3) is 5.09. The molecule has 0 bridgehead atoms. The Kier molecular flexibility index (Phi) is 5.02. The molecule has 2 nitrogen and oxygen atoms in total. The van der Waals surface area contributed by atoms with Crippen LogP contribution in [0.4, 0.5) is 0 Å². The van der Waals surface area contributed by atoms with Gasteiger partial charge in [0.05, 0.1) is 12.7 Å². The maximum absolute atomic E-state index is 9.66. The molecule has 0 aromatic heterocycles. The molecule has 0 aliphatic heterocycles. The highest BCUT2D eigenvalue weighted by molar-refractivity contribution is 9.10. The van der Waals surface area contributed by atoms with Crippen molar-refractivity contribution in [3.8, 4) is 5.75 Å². The van der Waals surface area contributed by atoms with E-state index in [1.54, 1.807) is 6.92 Å². The molecule has 0 aliphatic rings. The lowest BCUT2D eigenvalue weighted by atomic mass is 9.93. The SMILES string of the molecule is C[C@H](O)c1ccc(Br)cc1OCCC(C)(C)C. The predicted molar refractivity (Wildman–Crippen MR) is 74.3 cm³/mol. The van der Waals surface area contributed by atoms with Crippen molar-refractivity contribution in [3.63, 3.8) is 0 Å². The number of ether oxygens (including phenoxy) is 1. The fraction of sp³-hybridized carbons (Fsp3) is 0.571. The summed E-state index contributed by atoms with van der Waals surface area (Å²) in [7, 11) is 0. The zero-order valence-corrected chi connectivity index (χ0v) is 12.5. The van der Waals surface area contributed by atoms with Crippen LogP contribution < -0.4 is 4.74 Å². The van der Waals surface area contributed by atoms with Gasteiger partial charge >= 0.3 is 0 Å². The number of hydrogen-bond donors (Lipinski definition) is 1. The van der Waals surface area contributed by atoms with Crippen molar-refractivity contribution in [2.75, 3.05) is 6.61 Å². The van der Waals surface area contributed by atoms with E-state index in [1.165, 1.54) is 0 Å². The second-order valence-electron chi connectivity index (χ2n) is 5.52. The second kappa shape index (κ2) is 5.87. The average molecular weight is 301 g/mol. The van der Waals surface area contributed by atoms with Gasteiger partial charge in [0.25, 0.3) is 0 Å². The van der Waals surface area contributed by atoms with Gasteiger partial charge in [0.1, 0.15) is 5.75 Å². The van der Waals surface area contributed by atoms with Crippen LogP contribution in [0.3, 0.4) is 0 Å². The molecule has 1 N–H and O–H groups in total. The van der Waals surface area contributed by atoms with E-state index in [9.17, 15) is 5.11 Å². The molecule has 1 aromatic carbocycles. The molecule has 1 rings (SSSR count). The minimum absolute atomic E-state index is 0.261. The van der Waals surface area contributed by atoms with E-state index in [4.69, 9.17) is 4.74 Å². The maximum atomic E-state index is 9.66. The third-order valence-electron chi connectivity index (χ3n) is 2.54. The summed E-state index contributed by atoms with van der Waals surface area (Å²) in [5.41, 5.74) is 1.10. The summed E-state index contributed by atoms with van der Waals surface area (Å²) in [6.07, 6.45) is 0.478. The van der Waals surface area contributed by atoms with Crippen LogP contribution in [0.2, 0.25) is 0 Å². The predicted octanol–water partition coefficient (Wildman–Crippen LogP) is 4.32. The molecule has 0 spiro atoms. The quantitative estimate of drug-likeness (QED) is 0.897. The van der Waals surface area contributed by atoms with Crippen LogP contribution in [0, 0.1) is 5.41 Å². The minimum Gasteiger partial charge on any atom is -0.493 e. The van der Waals surface area contributed by atoms with E-state index in [2.05, 4.69) is 36.7 Å².